The van der Waals surface area contributed by atoms with E-state index in [1.54, 1.807) is 6.07 Å². The third kappa shape index (κ3) is 1.64. The normalized spacial score (nSPS) is 13.0. The lowest BCUT2D eigenvalue weighted by atomic mass is 10.0. The Bertz CT molecular complexity index is 2250. The number of nitrogens with zero attached hydrogens (tertiary/aromatic N) is 2. The minimum absolute atomic E-state index is 0.322. The van der Waals surface area contributed by atoms with Crippen molar-refractivity contribution in [3.63, 3.8) is 0 Å². The molecular weight excluding hydrogens is 404 g/mol. The standard InChI is InChI=1S/C30H16N2O/c33-27-13-5-11-19-18-8-4-10-21-23-14-25-22(15-26(23)32(29(18)21)30(19)27)20-9-3-7-17-16-6-1-2-12-24(16)31(25)28(17)20/h1-15,33H. The number of hydrogen-bond acceptors (Lipinski definition) is 1. The van der Waals surface area contributed by atoms with Gasteiger partial charge >= 0.3 is 0 Å². The van der Waals surface area contributed by atoms with E-state index in [1.165, 1.54) is 59.8 Å². The van der Waals surface area contributed by atoms with Crippen molar-refractivity contribution in [2.75, 3.05) is 0 Å². The maximum atomic E-state index is 10.9. The van der Waals surface area contributed by atoms with Gasteiger partial charge in [-0.15, -0.1) is 0 Å². The van der Waals surface area contributed by atoms with Crippen molar-refractivity contribution in [1.29, 1.82) is 0 Å². The molecule has 4 heterocycles. The van der Waals surface area contributed by atoms with Crippen LogP contribution in [0.25, 0.3) is 76.2 Å². The Labute approximate surface area is 187 Å². The molecule has 0 spiro atoms. The molecule has 0 atom stereocenters. The first kappa shape index (κ1) is 16.2. The molecule has 9 rings (SSSR count). The Morgan fingerprint density at radius 3 is 1.61 bits per heavy atom. The molecule has 0 fully saturated rings. The summed E-state index contributed by atoms with van der Waals surface area (Å²) in [4.78, 5) is 0. The number of para-hydroxylation sites is 4. The van der Waals surface area contributed by atoms with Gasteiger partial charge in [-0.2, -0.15) is 0 Å². The third-order valence-corrected chi connectivity index (χ3v) is 7.66. The van der Waals surface area contributed by atoms with Gasteiger partial charge in [-0.25, -0.2) is 0 Å². The molecule has 0 saturated heterocycles. The first-order chi connectivity index (χ1) is 16.3. The lowest BCUT2D eigenvalue weighted by Gasteiger charge is -2.02. The van der Waals surface area contributed by atoms with Crippen LogP contribution < -0.4 is 0 Å². The minimum atomic E-state index is 0.322. The van der Waals surface area contributed by atoms with Crippen molar-refractivity contribution in [2.45, 2.75) is 0 Å². The van der Waals surface area contributed by atoms with E-state index in [4.69, 9.17) is 0 Å². The van der Waals surface area contributed by atoms with Gasteiger partial charge in [-0.3, -0.25) is 0 Å². The lowest BCUT2D eigenvalue weighted by molar-refractivity contribution is 0.480. The maximum absolute atomic E-state index is 10.9. The Morgan fingerprint density at radius 2 is 0.879 bits per heavy atom. The topological polar surface area (TPSA) is 29.1 Å². The zero-order valence-corrected chi connectivity index (χ0v) is 17.5. The zero-order valence-electron chi connectivity index (χ0n) is 17.5. The largest absolute Gasteiger partial charge is 0.506 e. The Balaban J connectivity index is 1.63. The molecule has 0 aliphatic heterocycles. The van der Waals surface area contributed by atoms with Crippen LogP contribution in [0.15, 0.2) is 91.0 Å². The van der Waals surface area contributed by atoms with Gasteiger partial charge in [-0.1, -0.05) is 66.7 Å². The summed E-state index contributed by atoms with van der Waals surface area (Å²) in [6.45, 7) is 0. The van der Waals surface area contributed by atoms with Crippen molar-refractivity contribution >= 4 is 76.2 Å². The first-order valence-electron chi connectivity index (χ1n) is 11.3. The quantitative estimate of drug-likeness (QED) is 0.268. The number of fused-ring (bicyclic) bond motifs is 12. The molecule has 3 nitrogen and oxygen atoms in total. The maximum Gasteiger partial charge on any atom is 0.140 e. The second-order valence-corrected chi connectivity index (χ2v) is 9.15. The second-order valence-electron chi connectivity index (χ2n) is 9.15. The van der Waals surface area contributed by atoms with E-state index in [0.717, 1.165) is 16.4 Å². The summed E-state index contributed by atoms with van der Waals surface area (Å²) in [6.07, 6.45) is 0. The van der Waals surface area contributed by atoms with E-state index < -0.39 is 0 Å². The Morgan fingerprint density at radius 1 is 0.394 bits per heavy atom. The van der Waals surface area contributed by atoms with Crippen LogP contribution in [0.5, 0.6) is 5.75 Å². The van der Waals surface area contributed by atoms with Gasteiger partial charge in [0.15, 0.2) is 0 Å². The van der Waals surface area contributed by atoms with E-state index in [9.17, 15) is 5.11 Å². The Hall–Kier alpha value is -4.50. The summed E-state index contributed by atoms with van der Waals surface area (Å²) in [5, 5.41) is 20.7. The fourth-order valence-corrected chi connectivity index (χ4v) is 6.42. The van der Waals surface area contributed by atoms with Gasteiger partial charge in [0.1, 0.15) is 5.75 Å². The highest BCUT2D eigenvalue weighted by molar-refractivity contribution is 6.29. The summed E-state index contributed by atoms with van der Waals surface area (Å²) in [5.74, 6) is 0.322. The third-order valence-electron chi connectivity index (χ3n) is 7.66. The van der Waals surface area contributed by atoms with E-state index >= 15 is 0 Å². The van der Waals surface area contributed by atoms with Crippen molar-refractivity contribution in [3.05, 3.63) is 91.0 Å². The van der Waals surface area contributed by atoms with E-state index in [2.05, 4.69) is 87.7 Å². The highest BCUT2D eigenvalue weighted by Crippen LogP contribution is 2.45. The summed E-state index contributed by atoms with van der Waals surface area (Å²) >= 11 is 0. The fourth-order valence-electron chi connectivity index (χ4n) is 6.42. The highest BCUT2D eigenvalue weighted by atomic mass is 16.3. The lowest BCUT2D eigenvalue weighted by Crippen LogP contribution is -1.83. The molecule has 4 aromatic heterocycles. The van der Waals surface area contributed by atoms with Gasteiger partial charge < -0.3 is 13.9 Å². The molecular formula is C30H16N2O. The summed E-state index contributed by atoms with van der Waals surface area (Å²) in [7, 11) is 0. The van der Waals surface area contributed by atoms with Crippen LogP contribution >= 0.6 is 0 Å². The molecule has 33 heavy (non-hydrogen) atoms. The summed E-state index contributed by atoms with van der Waals surface area (Å²) < 4.78 is 4.69. The Kier molecular flexibility index (Phi) is 2.50. The number of aromatic hydroxyl groups is 1. The minimum Gasteiger partial charge on any atom is -0.506 e. The van der Waals surface area contributed by atoms with Crippen molar-refractivity contribution in [1.82, 2.24) is 8.80 Å². The van der Waals surface area contributed by atoms with E-state index in [-0.39, 0.29) is 0 Å². The SMILES string of the molecule is Oc1cccc2c3cccc4c5cc6c(cc5n(c12)c43)c1cccc2c3ccccc3n6c21. The summed E-state index contributed by atoms with van der Waals surface area (Å²) in [5.41, 5.74) is 6.98. The van der Waals surface area contributed by atoms with Crippen molar-refractivity contribution < 1.29 is 5.11 Å². The summed E-state index contributed by atoms with van der Waals surface area (Å²) in [6, 6.07) is 32.3. The van der Waals surface area contributed by atoms with Gasteiger partial charge in [-0.05, 0) is 24.3 Å². The molecule has 5 aromatic carbocycles. The van der Waals surface area contributed by atoms with Gasteiger partial charge in [0.25, 0.3) is 0 Å². The number of rotatable bonds is 0. The van der Waals surface area contributed by atoms with E-state index in [0.29, 0.717) is 5.75 Å². The molecule has 9 aromatic rings. The van der Waals surface area contributed by atoms with E-state index in [1.807, 2.05) is 6.07 Å². The highest BCUT2D eigenvalue weighted by Gasteiger charge is 2.22. The van der Waals surface area contributed by atoms with Crippen LogP contribution in [-0.4, -0.2) is 13.9 Å². The molecule has 0 bridgehead atoms. The first-order valence-corrected chi connectivity index (χ1v) is 11.3. The molecule has 0 aliphatic rings. The smallest absolute Gasteiger partial charge is 0.140 e. The predicted octanol–water partition coefficient (Wildman–Crippen LogP) is 7.69. The van der Waals surface area contributed by atoms with Crippen LogP contribution in [0.4, 0.5) is 0 Å². The molecule has 0 amide bonds. The molecule has 3 heteroatoms. The van der Waals surface area contributed by atoms with Crippen molar-refractivity contribution in [2.24, 2.45) is 0 Å². The van der Waals surface area contributed by atoms with Crippen LogP contribution in [0, 0.1) is 0 Å². The zero-order chi connectivity index (χ0) is 21.4. The number of phenolic OH excluding ortho intramolecular Hbond substituents is 1. The predicted molar refractivity (Wildman–Crippen MR) is 137 cm³/mol. The van der Waals surface area contributed by atoms with Crippen LogP contribution in [0.3, 0.4) is 0 Å². The average molecular weight is 420 g/mol. The number of hydrogen-bond donors (Lipinski definition) is 1. The fraction of sp³-hybridized carbons (Fsp3) is 0. The number of phenols is 1. The molecule has 0 aliphatic carbocycles. The monoisotopic (exact) mass is 420 g/mol. The molecule has 152 valence electrons. The van der Waals surface area contributed by atoms with Gasteiger partial charge in [0, 0.05) is 43.1 Å². The van der Waals surface area contributed by atoms with Crippen LogP contribution in [0.2, 0.25) is 0 Å². The number of benzene rings is 5. The number of aromatic nitrogens is 2. The van der Waals surface area contributed by atoms with Crippen LogP contribution in [-0.2, 0) is 0 Å². The molecule has 0 unspecified atom stereocenters. The molecule has 1 N–H and O–H groups in total. The van der Waals surface area contributed by atoms with Gasteiger partial charge in [0.2, 0.25) is 0 Å². The second kappa shape index (κ2) is 5.11. The molecule has 0 radical (unpaired) electrons. The van der Waals surface area contributed by atoms with Crippen molar-refractivity contribution in [3.8, 4) is 5.75 Å². The molecule has 0 saturated carbocycles. The van der Waals surface area contributed by atoms with Crippen LogP contribution in [0.1, 0.15) is 0 Å². The van der Waals surface area contributed by atoms with Gasteiger partial charge in [0.05, 0.1) is 33.1 Å². The average Bonchev–Trinajstić information content (AvgIpc) is 3.56.